The van der Waals surface area contributed by atoms with E-state index in [0.717, 1.165) is 38.8 Å². The molecule has 0 aliphatic carbocycles. The Morgan fingerprint density at radius 2 is 1.49 bits per heavy atom. The van der Waals surface area contributed by atoms with Gasteiger partial charge < -0.3 is 4.74 Å². The van der Waals surface area contributed by atoms with E-state index in [4.69, 9.17) is 4.74 Å². The number of nitrogens with zero attached hydrogens (tertiary/aromatic N) is 2. The minimum absolute atomic E-state index is 0.0564. The van der Waals surface area contributed by atoms with Crippen molar-refractivity contribution in [2.45, 2.75) is 50.5 Å². The van der Waals surface area contributed by atoms with Gasteiger partial charge >= 0.3 is 21.9 Å². The molecular formula is C28H37N2O6S+. The number of carbonyl (C=O) groups is 2. The molecule has 2 aromatic carbocycles. The van der Waals surface area contributed by atoms with Crippen molar-refractivity contribution >= 4 is 21.9 Å². The van der Waals surface area contributed by atoms with Crippen LogP contribution in [0.5, 0.6) is 0 Å². The van der Waals surface area contributed by atoms with Gasteiger partial charge in [0, 0.05) is 12.0 Å². The first-order valence-corrected chi connectivity index (χ1v) is 14.7. The highest BCUT2D eigenvalue weighted by molar-refractivity contribution is 7.85. The van der Waals surface area contributed by atoms with Gasteiger partial charge in [0.25, 0.3) is 0 Å². The van der Waals surface area contributed by atoms with Crippen LogP contribution < -0.4 is 0 Å². The summed E-state index contributed by atoms with van der Waals surface area (Å²) < 4.78 is 36.7. The van der Waals surface area contributed by atoms with E-state index in [2.05, 4.69) is 53.4 Å². The zero-order chi connectivity index (χ0) is 26.3. The highest BCUT2D eigenvalue weighted by Crippen LogP contribution is 2.36. The normalized spacial score (nSPS) is 20.9. The van der Waals surface area contributed by atoms with Crippen LogP contribution in [0.3, 0.4) is 0 Å². The predicted octanol–water partition coefficient (Wildman–Crippen LogP) is 3.59. The first-order chi connectivity index (χ1) is 17.8. The van der Waals surface area contributed by atoms with Crippen LogP contribution in [0.15, 0.2) is 60.7 Å². The smallest absolute Gasteiger partial charge is 0.347 e. The number of amides is 2. The van der Waals surface area contributed by atoms with Gasteiger partial charge in [0.05, 0.1) is 6.54 Å². The van der Waals surface area contributed by atoms with Crippen molar-refractivity contribution in [2.75, 3.05) is 38.7 Å². The first kappa shape index (κ1) is 27.6. The van der Waals surface area contributed by atoms with E-state index in [9.17, 15) is 22.6 Å². The van der Waals surface area contributed by atoms with Crippen LogP contribution >= 0.6 is 0 Å². The zero-order valence-corrected chi connectivity index (χ0v) is 22.0. The second-order valence-corrected chi connectivity index (χ2v) is 11.6. The summed E-state index contributed by atoms with van der Waals surface area (Å²) >= 11 is 0. The lowest BCUT2D eigenvalue weighted by Crippen LogP contribution is -2.64. The second-order valence-electron chi connectivity index (χ2n) is 10.1. The van der Waals surface area contributed by atoms with E-state index >= 15 is 0 Å². The molecule has 2 heterocycles. The number of carbonyl (C=O) groups excluding carboxylic acids is 2. The fraction of sp³-hybridized carbons (Fsp3) is 0.500. The standard InChI is InChI=1S/C28H36N2O6S/c31-26-20-36-21-27(32)30(26,22-37(33,34)35)19-11-3-9-17-29-18-10-8-16-25(29)28(23-12-4-1-5-13-23)24-14-6-2-7-15-24/h1-2,4-7,12-15,25,28H,3,8-11,16-22H2/p+1. The fourth-order valence-electron chi connectivity index (χ4n) is 5.85. The number of piperidine rings is 1. The van der Waals surface area contributed by atoms with Crippen molar-refractivity contribution in [3.05, 3.63) is 71.8 Å². The molecule has 0 saturated carbocycles. The lowest BCUT2D eigenvalue weighted by Gasteiger charge is -2.41. The molecule has 0 spiro atoms. The van der Waals surface area contributed by atoms with Crippen molar-refractivity contribution in [2.24, 2.45) is 0 Å². The van der Waals surface area contributed by atoms with E-state index in [1.54, 1.807) is 0 Å². The zero-order valence-electron chi connectivity index (χ0n) is 21.2. The van der Waals surface area contributed by atoms with Gasteiger partial charge in [-0.25, -0.2) is 9.59 Å². The number of ether oxygens (including phenoxy) is 1. The number of quaternary nitrogens is 1. The summed E-state index contributed by atoms with van der Waals surface area (Å²) in [5.41, 5.74) is 2.62. The Bertz CT molecular complexity index is 1100. The molecule has 1 N–H and O–H groups in total. The molecule has 0 bridgehead atoms. The van der Waals surface area contributed by atoms with Crippen molar-refractivity contribution in [1.82, 2.24) is 4.90 Å². The van der Waals surface area contributed by atoms with Crippen LogP contribution in [-0.4, -0.2) is 78.9 Å². The highest BCUT2D eigenvalue weighted by Gasteiger charge is 2.50. The van der Waals surface area contributed by atoms with Crippen LogP contribution in [0.1, 0.15) is 55.6 Å². The van der Waals surface area contributed by atoms with E-state index in [1.165, 1.54) is 17.5 Å². The predicted molar refractivity (Wildman–Crippen MR) is 140 cm³/mol. The topological polar surface area (TPSA) is 101 Å². The third-order valence-corrected chi connectivity index (χ3v) is 8.41. The van der Waals surface area contributed by atoms with Crippen molar-refractivity contribution in [3.8, 4) is 0 Å². The molecule has 2 aliphatic rings. The Kier molecular flexibility index (Phi) is 9.26. The summed E-state index contributed by atoms with van der Waals surface area (Å²) in [4.78, 5) is 27.7. The Morgan fingerprint density at radius 1 is 0.892 bits per heavy atom. The number of hydrogen-bond acceptors (Lipinski definition) is 6. The number of unbranched alkanes of at least 4 members (excludes halogenated alkanes) is 2. The summed E-state index contributed by atoms with van der Waals surface area (Å²) in [5, 5.41) is 0. The summed E-state index contributed by atoms with van der Waals surface area (Å²) in [6, 6.07) is 21.7. The Balaban J connectivity index is 1.41. The van der Waals surface area contributed by atoms with Gasteiger partial charge in [-0.15, -0.1) is 0 Å². The number of hydrogen-bond donors (Lipinski definition) is 1. The minimum Gasteiger partial charge on any atom is -0.353 e. The number of likely N-dealkylation sites (tertiary alicyclic amines) is 1. The average molecular weight is 530 g/mol. The van der Waals surface area contributed by atoms with Gasteiger partial charge in [-0.3, -0.25) is 9.45 Å². The summed E-state index contributed by atoms with van der Waals surface area (Å²) in [6.07, 6.45) is 5.59. The highest BCUT2D eigenvalue weighted by atomic mass is 32.2. The van der Waals surface area contributed by atoms with Crippen LogP contribution in [0.25, 0.3) is 0 Å². The van der Waals surface area contributed by atoms with Crippen molar-refractivity contribution in [3.63, 3.8) is 0 Å². The van der Waals surface area contributed by atoms with E-state index in [1.807, 2.05) is 12.1 Å². The van der Waals surface area contributed by atoms with E-state index in [-0.39, 0.29) is 25.7 Å². The van der Waals surface area contributed by atoms with Gasteiger partial charge in [-0.2, -0.15) is 12.9 Å². The number of imide groups is 1. The molecule has 200 valence electrons. The van der Waals surface area contributed by atoms with Gasteiger partial charge in [0.15, 0.2) is 13.2 Å². The first-order valence-electron chi connectivity index (χ1n) is 13.1. The number of benzene rings is 2. The third kappa shape index (κ3) is 6.91. The molecule has 4 rings (SSSR count). The largest absolute Gasteiger partial charge is 0.353 e. The third-order valence-electron chi connectivity index (χ3n) is 7.64. The maximum atomic E-state index is 12.5. The maximum absolute atomic E-state index is 12.5. The lowest BCUT2D eigenvalue weighted by atomic mass is 9.80. The monoisotopic (exact) mass is 529 g/mol. The van der Waals surface area contributed by atoms with E-state index in [0.29, 0.717) is 12.5 Å². The Morgan fingerprint density at radius 3 is 2.05 bits per heavy atom. The van der Waals surface area contributed by atoms with Gasteiger partial charge in [0.2, 0.25) is 5.88 Å². The Hall–Kier alpha value is -2.43. The summed E-state index contributed by atoms with van der Waals surface area (Å²) in [7, 11) is -4.51. The van der Waals surface area contributed by atoms with Gasteiger partial charge in [0.1, 0.15) is 0 Å². The molecule has 2 saturated heterocycles. The van der Waals surface area contributed by atoms with Crippen molar-refractivity contribution in [1.29, 1.82) is 0 Å². The number of morpholine rings is 1. The molecular weight excluding hydrogens is 492 g/mol. The average Bonchev–Trinajstić information content (AvgIpc) is 2.88. The molecule has 2 aliphatic heterocycles. The quantitative estimate of drug-likeness (QED) is 0.205. The molecule has 1 unspecified atom stereocenters. The van der Waals surface area contributed by atoms with Crippen LogP contribution in [0, 0.1) is 0 Å². The van der Waals surface area contributed by atoms with Gasteiger partial charge in [-0.05, 0) is 56.3 Å². The fourth-order valence-corrected chi connectivity index (χ4v) is 6.83. The molecule has 1 atom stereocenters. The molecule has 8 nitrogen and oxygen atoms in total. The van der Waals surface area contributed by atoms with E-state index < -0.39 is 32.3 Å². The summed E-state index contributed by atoms with van der Waals surface area (Å²) in [5.74, 6) is -1.87. The van der Waals surface area contributed by atoms with Crippen LogP contribution in [0.4, 0.5) is 0 Å². The van der Waals surface area contributed by atoms with Crippen molar-refractivity contribution < 1.29 is 31.8 Å². The van der Waals surface area contributed by atoms with Crippen LogP contribution in [-0.2, 0) is 24.4 Å². The maximum Gasteiger partial charge on any atom is 0.347 e. The summed E-state index contributed by atoms with van der Waals surface area (Å²) in [6.45, 7) is 1.33. The molecule has 9 heteroatoms. The van der Waals surface area contributed by atoms with Crippen LogP contribution in [0.2, 0.25) is 0 Å². The second kappa shape index (κ2) is 12.4. The molecule has 2 fully saturated rings. The molecule has 0 aromatic heterocycles. The molecule has 0 radical (unpaired) electrons. The SMILES string of the molecule is O=C1COCC(=O)[N+]1(CCCCCN1CCCCC1C(c1ccccc1)c1ccccc1)CS(=O)(=O)O. The lowest BCUT2D eigenvalue weighted by molar-refractivity contribution is -0.772. The minimum atomic E-state index is -4.51. The molecule has 2 amide bonds. The Labute approximate surface area is 219 Å². The molecule has 37 heavy (non-hydrogen) atoms. The van der Waals surface area contributed by atoms with Gasteiger partial charge in [-0.1, -0.05) is 67.1 Å². The molecule has 2 aromatic rings. The number of rotatable bonds is 11.